The van der Waals surface area contributed by atoms with Gasteiger partial charge in [0.25, 0.3) is 5.91 Å². The number of carbonyl (C=O) groups excluding carboxylic acids is 1. The molecular weight excluding hydrogens is 314 g/mol. The molecule has 3 rings (SSSR count). The molecule has 23 heavy (non-hydrogen) atoms. The van der Waals surface area contributed by atoms with Crippen LogP contribution in [0.25, 0.3) is 0 Å². The largest absolute Gasteiger partial charge is 0.469 e. The Kier molecular flexibility index (Phi) is 4.79. The number of amides is 1. The zero-order valence-electron chi connectivity index (χ0n) is 13.5. The maximum Gasteiger partial charge on any atom is 0.260 e. The molecule has 124 valence electrons. The highest BCUT2D eigenvalue weighted by atomic mass is 32.1. The van der Waals surface area contributed by atoms with E-state index < -0.39 is 0 Å². The van der Waals surface area contributed by atoms with E-state index in [1.807, 2.05) is 5.38 Å². The summed E-state index contributed by atoms with van der Waals surface area (Å²) < 4.78 is 10.9. The van der Waals surface area contributed by atoms with Crippen molar-refractivity contribution in [2.75, 3.05) is 18.4 Å². The number of rotatable bonds is 4. The van der Waals surface area contributed by atoms with Crippen LogP contribution < -0.4 is 5.32 Å². The van der Waals surface area contributed by atoms with Crippen molar-refractivity contribution in [3.63, 3.8) is 0 Å². The molecule has 0 aromatic carbocycles. The van der Waals surface area contributed by atoms with Crippen LogP contribution in [0.15, 0.2) is 22.1 Å². The number of furan rings is 1. The number of hydrogen-bond donors (Lipinski definition) is 1. The van der Waals surface area contributed by atoms with Gasteiger partial charge in [-0.2, -0.15) is 0 Å². The normalized spacial score (nSPS) is 22.2. The Morgan fingerprint density at radius 1 is 1.43 bits per heavy atom. The molecular formula is C16H21N3O3S. The van der Waals surface area contributed by atoms with E-state index in [0.717, 1.165) is 25.3 Å². The minimum Gasteiger partial charge on any atom is -0.469 e. The molecule has 0 aliphatic carbocycles. The van der Waals surface area contributed by atoms with Crippen LogP contribution in [0.4, 0.5) is 5.13 Å². The van der Waals surface area contributed by atoms with E-state index in [1.165, 1.54) is 17.6 Å². The van der Waals surface area contributed by atoms with Crippen LogP contribution in [0.5, 0.6) is 0 Å². The number of thiazole rings is 1. The average Bonchev–Trinajstić information content (AvgIpc) is 3.07. The Morgan fingerprint density at radius 2 is 2.17 bits per heavy atom. The number of morpholine rings is 1. The lowest BCUT2D eigenvalue weighted by Crippen LogP contribution is -2.44. The second kappa shape index (κ2) is 6.82. The Labute approximate surface area is 139 Å². The lowest BCUT2D eigenvalue weighted by Gasteiger charge is -2.34. The summed E-state index contributed by atoms with van der Waals surface area (Å²) in [5.41, 5.74) is 1.51. The van der Waals surface area contributed by atoms with Gasteiger partial charge < -0.3 is 9.15 Å². The second-order valence-corrected chi connectivity index (χ2v) is 6.80. The van der Waals surface area contributed by atoms with Gasteiger partial charge in [0.2, 0.25) is 0 Å². The van der Waals surface area contributed by atoms with Crippen LogP contribution in [-0.4, -0.2) is 41.1 Å². The minimum absolute atomic E-state index is 0.189. The van der Waals surface area contributed by atoms with Crippen LogP contribution in [0.3, 0.4) is 0 Å². The molecule has 1 aliphatic rings. The first-order valence-electron chi connectivity index (χ1n) is 7.69. The summed E-state index contributed by atoms with van der Waals surface area (Å²) in [5, 5.41) is 5.43. The molecule has 1 saturated heterocycles. The quantitative estimate of drug-likeness (QED) is 0.930. The van der Waals surface area contributed by atoms with Gasteiger partial charge in [-0.05, 0) is 26.8 Å². The number of anilines is 1. The first kappa shape index (κ1) is 16.2. The number of hydrogen-bond acceptors (Lipinski definition) is 6. The van der Waals surface area contributed by atoms with Crippen molar-refractivity contribution in [2.24, 2.45) is 0 Å². The fourth-order valence-electron chi connectivity index (χ4n) is 2.86. The topological polar surface area (TPSA) is 67.6 Å². The van der Waals surface area contributed by atoms with E-state index >= 15 is 0 Å². The molecule has 0 radical (unpaired) electrons. The minimum atomic E-state index is -0.189. The molecule has 1 fully saturated rings. The van der Waals surface area contributed by atoms with E-state index in [9.17, 15) is 4.79 Å². The molecule has 2 unspecified atom stereocenters. The van der Waals surface area contributed by atoms with Crippen LogP contribution >= 0.6 is 11.3 Å². The lowest BCUT2D eigenvalue weighted by molar-refractivity contribution is -0.0707. The second-order valence-electron chi connectivity index (χ2n) is 5.94. The zero-order chi connectivity index (χ0) is 16.4. The molecule has 0 bridgehead atoms. The number of ether oxygens (including phenoxy) is 1. The monoisotopic (exact) mass is 335 g/mol. The van der Waals surface area contributed by atoms with Crippen molar-refractivity contribution >= 4 is 22.4 Å². The predicted molar refractivity (Wildman–Crippen MR) is 88.8 cm³/mol. The Hall–Kier alpha value is -1.70. The number of nitrogens with one attached hydrogen (secondary N) is 1. The van der Waals surface area contributed by atoms with Crippen LogP contribution in [0.1, 0.15) is 35.7 Å². The fourth-order valence-corrected chi connectivity index (χ4v) is 3.56. The van der Waals surface area contributed by atoms with Crippen LogP contribution in [0.2, 0.25) is 0 Å². The van der Waals surface area contributed by atoms with Gasteiger partial charge in [0, 0.05) is 25.0 Å². The summed E-state index contributed by atoms with van der Waals surface area (Å²) in [6.07, 6.45) is 1.99. The standard InChI is InChI=1S/C16H21N3O3S/c1-10-6-19(7-11(2)22-10)8-13-9-23-16(17-13)18-15(20)14-4-5-21-12(14)3/h4-5,9-11H,6-8H2,1-3H3,(H,17,18,20). The fraction of sp³-hybridized carbons (Fsp3) is 0.500. The van der Waals surface area contributed by atoms with Crippen LogP contribution in [-0.2, 0) is 11.3 Å². The van der Waals surface area contributed by atoms with E-state index in [0.29, 0.717) is 16.5 Å². The van der Waals surface area contributed by atoms with Gasteiger partial charge in [0.1, 0.15) is 5.76 Å². The number of aryl methyl sites for hydroxylation is 1. The summed E-state index contributed by atoms with van der Waals surface area (Å²) in [7, 11) is 0. The molecule has 2 atom stereocenters. The highest BCUT2D eigenvalue weighted by Gasteiger charge is 2.23. The first-order valence-corrected chi connectivity index (χ1v) is 8.57. The maximum absolute atomic E-state index is 12.1. The SMILES string of the molecule is Cc1occc1C(=O)Nc1nc(CN2CC(C)OC(C)C2)cs1. The van der Waals surface area contributed by atoms with Crippen molar-refractivity contribution < 1.29 is 13.9 Å². The third kappa shape index (κ3) is 3.99. The molecule has 0 saturated carbocycles. The predicted octanol–water partition coefficient (Wildman–Crippen LogP) is 2.91. The molecule has 1 aliphatic heterocycles. The van der Waals surface area contributed by atoms with Gasteiger partial charge in [-0.1, -0.05) is 0 Å². The Balaban J connectivity index is 1.60. The van der Waals surface area contributed by atoms with Crippen molar-refractivity contribution in [2.45, 2.75) is 39.5 Å². The van der Waals surface area contributed by atoms with Gasteiger partial charge >= 0.3 is 0 Å². The summed E-state index contributed by atoms with van der Waals surface area (Å²) in [6.45, 7) is 8.51. The van der Waals surface area contributed by atoms with Crippen molar-refractivity contribution in [1.82, 2.24) is 9.88 Å². The Morgan fingerprint density at radius 3 is 2.83 bits per heavy atom. The summed E-state index contributed by atoms with van der Waals surface area (Å²) >= 11 is 1.44. The Bertz CT molecular complexity index is 672. The van der Waals surface area contributed by atoms with E-state index in [-0.39, 0.29) is 18.1 Å². The molecule has 7 heteroatoms. The number of carbonyl (C=O) groups is 1. The smallest absolute Gasteiger partial charge is 0.260 e. The van der Waals surface area contributed by atoms with Crippen LogP contribution in [0, 0.1) is 6.92 Å². The average molecular weight is 335 g/mol. The van der Waals surface area contributed by atoms with Gasteiger partial charge in [0.05, 0.1) is 29.7 Å². The molecule has 1 N–H and O–H groups in total. The number of nitrogens with zero attached hydrogens (tertiary/aromatic N) is 2. The molecule has 6 nitrogen and oxygen atoms in total. The summed E-state index contributed by atoms with van der Waals surface area (Å²) in [6, 6.07) is 1.66. The highest BCUT2D eigenvalue weighted by Crippen LogP contribution is 2.20. The molecule has 3 heterocycles. The molecule has 2 aromatic rings. The van der Waals surface area contributed by atoms with Crippen molar-refractivity contribution in [1.29, 1.82) is 0 Å². The summed E-state index contributed by atoms with van der Waals surface area (Å²) in [5.74, 6) is 0.418. The van der Waals surface area contributed by atoms with Gasteiger partial charge in [-0.15, -0.1) is 11.3 Å². The van der Waals surface area contributed by atoms with Gasteiger partial charge in [-0.25, -0.2) is 4.98 Å². The summed E-state index contributed by atoms with van der Waals surface area (Å²) in [4.78, 5) is 19.0. The molecule has 1 amide bonds. The number of aromatic nitrogens is 1. The van der Waals surface area contributed by atoms with Crippen molar-refractivity contribution in [3.8, 4) is 0 Å². The maximum atomic E-state index is 12.1. The van der Waals surface area contributed by atoms with E-state index in [2.05, 4.69) is 29.0 Å². The lowest BCUT2D eigenvalue weighted by atomic mass is 10.2. The zero-order valence-corrected chi connectivity index (χ0v) is 14.4. The van der Waals surface area contributed by atoms with E-state index in [1.54, 1.807) is 13.0 Å². The molecule has 2 aromatic heterocycles. The van der Waals surface area contributed by atoms with Crippen molar-refractivity contribution in [3.05, 3.63) is 34.7 Å². The third-order valence-corrected chi connectivity index (χ3v) is 4.56. The van der Waals surface area contributed by atoms with E-state index in [4.69, 9.17) is 9.15 Å². The third-order valence-electron chi connectivity index (χ3n) is 3.76. The van der Waals surface area contributed by atoms with Gasteiger partial charge in [0.15, 0.2) is 5.13 Å². The van der Waals surface area contributed by atoms with Gasteiger partial charge in [-0.3, -0.25) is 15.0 Å². The highest BCUT2D eigenvalue weighted by molar-refractivity contribution is 7.13. The first-order chi connectivity index (χ1) is 11.0. The molecule has 0 spiro atoms.